The first-order valence-corrected chi connectivity index (χ1v) is 6.67. The third-order valence-corrected chi connectivity index (χ3v) is 4.89. The van der Waals surface area contributed by atoms with E-state index in [2.05, 4.69) is 22.0 Å². The van der Waals surface area contributed by atoms with Crippen LogP contribution in [0.4, 0.5) is 0 Å². The van der Waals surface area contributed by atoms with Gasteiger partial charge in [0.25, 0.3) is 0 Å². The van der Waals surface area contributed by atoms with E-state index in [0.29, 0.717) is 0 Å². The molecular formula is C10H18N2S. The van der Waals surface area contributed by atoms with Crippen molar-refractivity contribution >= 4 is 11.8 Å². The summed E-state index contributed by atoms with van der Waals surface area (Å²) in [5, 5.41) is 3.74. The molecule has 0 aromatic carbocycles. The summed E-state index contributed by atoms with van der Waals surface area (Å²) >= 11 is 2.15. The smallest absolute Gasteiger partial charge is 0.0343 e. The molecule has 0 aromatic rings. The summed E-state index contributed by atoms with van der Waals surface area (Å²) in [6.45, 7) is 2.62. The zero-order valence-electron chi connectivity index (χ0n) is 8.04. The first-order valence-electron chi connectivity index (χ1n) is 5.52. The minimum Gasteiger partial charge on any atom is -0.311 e. The monoisotopic (exact) mass is 198 g/mol. The molecule has 2 nitrogen and oxygen atoms in total. The van der Waals surface area contributed by atoms with Crippen LogP contribution in [0.15, 0.2) is 0 Å². The third-order valence-electron chi connectivity index (χ3n) is 3.79. The molecule has 3 saturated heterocycles. The Hall–Kier alpha value is 0.270. The molecule has 0 amide bonds. The van der Waals surface area contributed by atoms with Crippen LogP contribution < -0.4 is 5.32 Å². The molecule has 3 aliphatic heterocycles. The van der Waals surface area contributed by atoms with Gasteiger partial charge < -0.3 is 5.32 Å². The molecule has 3 heterocycles. The van der Waals surface area contributed by atoms with Crippen LogP contribution in [0.25, 0.3) is 0 Å². The van der Waals surface area contributed by atoms with Gasteiger partial charge in [-0.15, -0.1) is 0 Å². The molecule has 3 fully saturated rings. The Balaban J connectivity index is 1.77. The Labute approximate surface area is 84.4 Å². The summed E-state index contributed by atoms with van der Waals surface area (Å²) in [6.07, 6.45) is 4.25. The first kappa shape index (κ1) is 8.57. The zero-order chi connectivity index (χ0) is 8.67. The van der Waals surface area contributed by atoms with Crippen molar-refractivity contribution < 1.29 is 0 Å². The summed E-state index contributed by atoms with van der Waals surface area (Å²) in [5.41, 5.74) is 0. The number of nitrogens with zero attached hydrogens (tertiary/aromatic N) is 1. The van der Waals surface area contributed by atoms with Crippen LogP contribution >= 0.6 is 11.8 Å². The minimum atomic E-state index is 0.815. The Morgan fingerprint density at radius 3 is 3.31 bits per heavy atom. The van der Waals surface area contributed by atoms with Crippen molar-refractivity contribution in [3.63, 3.8) is 0 Å². The molecule has 0 aliphatic carbocycles. The average molecular weight is 198 g/mol. The predicted octanol–water partition coefficient (Wildman–Crippen LogP) is 0.928. The maximum Gasteiger partial charge on any atom is 0.0343 e. The number of nitrogens with one attached hydrogen (secondary N) is 1. The van der Waals surface area contributed by atoms with E-state index >= 15 is 0 Å². The summed E-state index contributed by atoms with van der Waals surface area (Å²) in [6, 6.07) is 2.55. The maximum absolute atomic E-state index is 3.74. The van der Waals surface area contributed by atoms with E-state index in [1.54, 1.807) is 0 Å². The molecule has 74 valence electrons. The SMILES string of the molecule is C1CC2CNC3CCSCC3N2C1. The highest BCUT2D eigenvalue weighted by Gasteiger charge is 2.40. The van der Waals surface area contributed by atoms with E-state index in [1.807, 2.05) is 0 Å². The molecule has 3 aliphatic rings. The lowest BCUT2D eigenvalue weighted by molar-refractivity contribution is 0.108. The van der Waals surface area contributed by atoms with E-state index in [-0.39, 0.29) is 0 Å². The van der Waals surface area contributed by atoms with E-state index < -0.39 is 0 Å². The second-order valence-electron chi connectivity index (χ2n) is 4.48. The zero-order valence-corrected chi connectivity index (χ0v) is 8.85. The van der Waals surface area contributed by atoms with Crippen LogP contribution in [0, 0.1) is 0 Å². The van der Waals surface area contributed by atoms with Gasteiger partial charge in [-0.05, 0) is 31.6 Å². The molecule has 0 radical (unpaired) electrons. The third kappa shape index (κ3) is 1.41. The summed E-state index contributed by atoms with van der Waals surface area (Å²) < 4.78 is 0. The van der Waals surface area contributed by atoms with E-state index in [1.165, 1.54) is 43.9 Å². The van der Waals surface area contributed by atoms with E-state index in [4.69, 9.17) is 0 Å². The van der Waals surface area contributed by atoms with Crippen LogP contribution in [0.1, 0.15) is 19.3 Å². The van der Waals surface area contributed by atoms with Crippen molar-refractivity contribution in [2.75, 3.05) is 24.6 Å². The lowest BCUT2D eigenvalue weighted by Crippen LogP contribution is -2.62. The van der Waals surface area contributed by atoms with Crippen molar-refractivity contribution in [1.82, 2.24) is 10.2 Å². The van der Waals surface area contributed by atoms with Gasteiger partial charge in [0, 0.05) is 30.4 Å². The largest absolute Gasteiger partial charge is 0.311 e. The lowest BCUT2D eigenvalue weighted by Gasteiger charge is -2.46. The highest BCUT2D eigenvalue weighted by atomic mass is 32.2. The summed E-state index contributed by atoms with van der Waals surface area (Å²) in [4.78, 5) is 2.79. The Bertz CT molecular complexity index is 197. The van der Waals surface area contributed by atoms with Gasteiger partial charge in [-0.3, -0.25) is 4.90 Å². The number of hydrogen-bond donors (Lipinski definition) is 1. The van der Waals surface area contributed by atoms with Gasteiger partial charge in [0.15, 0.2) is 0 Å². The number of rotatable bonds is 0. The van der Waals surface area contributed by atoms with Gasteiger partial charge in [-0.25, -0.2) is 0 Å². The fraction of sp³-hybridized carbons (Fsp3) is 1.00. The second kappa shape index (κ2) is 3.44. The summed E-state index contributed by atoms with van der Waals surface area (Å²) in [5.74, 6) is 2.74. The maximum atomic E-state index is 3.74. The molecule has 3 unspecified atom stereocenters. The van der Waals surface area contributed by atoms with Crippen LogP contribution in [0.3, 0.4) is 0 Å². The molecular weight excluding hydrogens is 180 g/mol. The highest BCUT2D eigenvalue weighted by molar-refractivity contribution is 7.99. The molecule has 0 aromatic heterocycles. The van der Waals surface area contributed by atoms with Gasteiger partial charge >= 0.3 is 0 Å². The first-order chi connectivity index (χ1) is 6.45. The van der Waals surface area contributed by atoms with Crippen molar-refractivity contribution in [3.8, 4) is 0 Å². The number of hydrogen-bond acceptors (Lipinski definition) is 3. The topological polar surface area (TPSA) is 15.3 Å². The van der Waals surface area contributed by atoms with Gasteiger partial charge in [0.2, 0.25) is 0 Å². The fourth-order valence-electron chi connectivity index (χ4n) is 3.09. The molecule has 3 atom stereocenters. The summed E-state index contributed by atoms with van der Waals surface area (Å²) in [7, 11) is 0. The lowest BCUT2D eigenvalue weighted by atomic mass is 10.00. The minimum absolute atomic E-state index is 0.815. The van der Waals surface area contributed by atoms with Crippen molar-refractivity contribution in [3.05, 3.63) is 0 Å². The van der Waals surface area contributed by atoms with Crippen molar-refractivity contribution in [1.29, 1.82) is 0 Å². The second-order valence-corrected chi connectivity index (χ2v) is 5.63. The molecule has 3 rings (SSSR count). The van der Waals surface area contributed by atoms with E-state index in [0.717, 1.165) is 18.1 Å². The Morgan fingerprint density at radius 1 is 1.31 bits per heavy atom. The normalized spacial score (nSPS) is 45.7. The Morgan fingerprint density at radius 2 is 2.31 bits per heavy atom. The quantitative estimate of drug-likeness (QED) is 0.623. The van der Waals surface area contributed by atoms with Crippen molar-refractivity contribution in [2.45, 2.75) is 37.4 Å². The van der Waals surface area contributed by atoms with Gasteiger partial charge in [0.1, 0.15) is 0 Å². The molecule has 1 N–H and O–H groups in total. The molecule has 0 spiro atoms. The number of thioether (sulfide) groups is 1. The Kier molecular flexibility index (Phi) is 2.27. The molecule has 0 saturated carbocycles. The molecule has 0 bridgehead atoms. The predicted molar refractivity (Wildman–Crippen MR) is 57.2 cm³/mol. The average Bonchev–Trinajstić information content (AvgIpc) is 2.65. The van der Waals surface area contributed by atoms with Gasteiger partial charge in [-0.2, -0.15) is 11.8 Å². The standard InChI is InChI=1S/C10H18N2S/c1-2-8-6-11-9-3-5-13-7-10(9)12(8)4-1/h8-11H,1-7H2. The van der Waals surface area contributed by atoms with Crippen LogP contribution in [0.2, 0.25) is 0 Å². The molecule has 3 heteroatoms. The molecule has 13 heavy (non-hydrogen) atoms. The van der Waals surface area contributed by atoms with Crippen molar-refractivity contribution in [2.24, 2.45) is 0 Å². The number of piperazine rings is 1. The van der Waals surface area contributed by atoms with Crippen LogP contribution in [-0.4, -0.2) is 47.6 Å². The van der Waals surface area contributed by atoms with Crippen LogP contribution in [-0.2, 0) is 0 Å². The van der Waals surface area contributed by atoms with Gasteiger partial charge in [0.05, 0.1) is 0 Å². The highest BCUT2D eigenvalue weighted by Crippen LogP contribution is 2.31. The van der Waals surface area contributed by atoms with Crippen LogP contribution in [0.5, 0.6) is 0 Å². The number of fused-ring (bicyclic) bond motifs is 3. The van der Waals surface area contributed by atoms with E-state index in [9.17, 15) is 0 Å². The van der Waals surface area contributed by atoms with Gasteiger partial charge in [-0.1, -0.05) is 0 Å². The fourth-order valence-corrected chi connectivity index (χ4v) is 4.34.